The molecule has 2 heterocycles. The largest absolute Gasteiger partial charge is 0.451 e. The van der Waals surface area contributed by atoms with Gasteiger partial charge in [-0.1, -0.05) is 19.1 Å². The minimum absolute atomic E-state index is 0.150. The minimum atomic E-state index is -3.59. The number of sulfonamides is 1. The van der Waals surface area contributed by atoms with Crippen molar-refractivity contribution in [2.45, 2.75) is 37.7 Å². The first-order chi connectivity index (χ1) is 15.3. The van der Waals surface area contributed by atoms with E-state index in [9.17, 15) is 18.0 Å². The first-order valence-corrected chi connectivity index (χ1v) is 12.0. The van der Waals surface area contributed by atoms with Crippen molar-refractivity contribution < 1.29 is 17.9 Å². The van der Waals surface area contributed by atoms with Crippen molar-refractivity contribution in [1.29, 1.82) is 0 Å². The fourth-order valence-electron chi connectivity index (χ4n) is 3.72. The van der Waals surface area contributed by atoms with Crippen LogP contribution < -0.4 is 5.56 Å². The highest BCUT2D eigenvalue weighted by atomic mass is 32.2. The molecular formula is C23H25N3O5S. The number of esters is 1. The summed E-state index contributed by atoms with van der Waals surface area (Å²) < 4.78 is 32.6. The molecule has 0 saturated carbocycles. The molecule has 9 heteroatoms. The molecule has 0 spiro atoms. The molecule has 1 saturated heterocycles. The van der Waals surface area contributed by atoms with Gasteiger partial charge in [-0.2, -0.15) is 4.31 Å². The molecule has 1 atom stereocenters. The number of H-pyrrole nitrogens is 1. The number of fused-ring (bicyclic) bond motifs is 1. The van der Waals surface area contributed by atoms with E-state index in [0.717, 1.165) is 12.8 Å². The van der Waals surface area contributed by atoms with Crippen molar-refractivity contribution in [1.82, 2.24) is 14.3 Å². The Morgan fingerprint density at radius 1 is 1.12 bits per heavy atom. The SMILES string of the molecule is CC1CCN(S(=O)(=O)c2ccc(C(=O)OC(C)c3nc4ccccc4c(=O)[nH]3)cc2)CC1. The van der Waals surface area contributed by atoms with E-state index in [2.05, 4.69) is 16.9 Å². The summed E-state index contributed by atoms with van der Waals surface area (Å²) in [5.74, 6) is 0.122. The van der Waals surface area contributed by atoms with E-state index in [1.807, 2.05) is 0 Å². The van der Waals surface area contributed by atoms with Crippen molar-refractivity contribution in [2.24, 2.45) is 5.92 Å². The van der Waals surface area contributed by atoms with E-state index in [-0.39, 0.29) is 21.8 Å². The van der Waals surface area contributed by atoms with Gasteiger partial charge in [0.15, 0.2) is 11.9 Å². The summed E-state index contributed by atoms with van der Waals surface area (Å²) in [5, 5.41) is 0.453. The van der Waals surface area contributed by atoms with Crippen LogP contribution in [0.25, 0.3) is 10.9 Å². The first kappa shape index (κ1) is 22.2. The van der Waals surface area contributed by atoms with E-state index < -0.39 is 22.1 Å². The average molecular weight is 456 g/mol. The monoisotopic (exact) mass is 455 g/mol. The normalized spacial score (nSPS) is 16.7. The molecule has 4 rings (SSSR count). The molecule has 3 aromatic rings. The predicted octanol–water partition coefficient (Wildman–Crippen LogP) is 3.26. The third-order valence-corrected chi connectivity index (χ3v) is 7.68. The van der Waals surface area contributed by atoms with Crippen LogP contribution in [0, 0.1) is 5.92 Å². The Balaban J connectivity index is 1.48. The lowest BCUT2D eigenvalue weighted by molar-refractivity contribution is 0.0320. The highest BCUT2D eigenvalue weighted by molar-refractivity contribution is 7.89. The van der Waals surface area contributed by atoms with Gasteiger partial charge in [-0.25, -0.2) is 18.2 Å². The number of carbonyl (C=O) groups excluding carboxylic acids is 1. The molecule has 0 bridgehead atoms. The first-order valence-electron chi connectivity index (χ1n) is 10.6. The van der Waals surface area contributed by atoms with Crippen LogP contribution >= 0.6 is 0 Å². The number of carbonyl (C=O) groups is 1. The number of para-hydroxylation sites is 1. The molecule has 0 aliphatic carbocycles. The van der Waals surface area contributed by atoms with Gasteiger partial charge < -0.3 is 9.72 Å². The minimum Gasteiger partial charge on any atom is -0.451 e. The standard InChI is InChI=1S/C23H25N3O5S/c1-15-11-13-26(14-12-15)32(29,30)18-9-7-17(8-10-18)23(28)31-16(2)21-24-20-6-4-3-5-19(20)22(27)25-21/h3-10,15-16H,11-14H2,1-2H3,(H,24,25,27). The number of hydrogen-bond donors (Lipinski definition) is 1. The number of piperidine rings is 1. The highest BCUT2D eigenvalue weighted by Gasteiger charge is 2.28. The van der Waals surface area contributed by atoms with Crippen LogP contribution in [0.3, 0.4) is 0 Å². The fraction of sp³-hybridized carbons (Fsp3) is 0.348. The van der Waals surface area contributed by atoms with E-state index in [1.165, 1.54) is 28.6 Å². The number of rotatable bonds is 5. The van der Waals surface area contributed by atoms with Gasteiger partial charge >= 0.3 is 5.97 Å². The van der Waals surface area contributed by atoms with Gasteiger partial charge in [0.2, 0.25) is 10.0 Å². The van der Waals surface area contributed by atoms with Gasteiger partial charge in [-0.3, -0.25) is 4.79 Å². The number of aromatic nitrogens is 2. The topological polar surface area (TPSA) is 109 Å². The quantitative estimate of drug-likeness (QED) is 0.592. The molecule has 1 aliphatic heterocycles. The van der Waals surface area contributed by atoms with E-state index >= 15 is 0 Å². The molecule has 0 amide bonds. The summed E-state index contributed by atoms with van der Waals surface area (Å²) in [6, 6.07) is 12.6. The van der Waals surface area contributed by atoms with Crippen molar-refractivity contribution in [3.8, 4) is 0 Å². The van der Waals surface area contributed by atoms with Crippen LogP contribution in [-0.2, 0) is 14.8 Å². The van der Waals surface area contributed by atoms with Gasteiger partial charge in [0.1, 0.15) is 0 Å². The Morgan fingerprint density at radius 3 is 2.47 bits per heavy atom. The number of nitrogens with zero attached hydrogens (tertiary/aromatic N) is 2. The molecule has 1 unspecified atom stereocenters. The van der Waals surface area contributed by atoms with Crippen LogP contribution in [0.4, 0.5) is 0 Å². The number of nitrogens with one attached hydrogen (secondary N) is 1. The van der Waals surface area contributed by atoms with Gasteiger partial charge in [-0.05, 0) is 62.1 Å². The number of hydrogen-bond acceptors (Lipinski definition) is 6. The van der Waals surface area contributed by atoms with Crippen molar-refractivity contribution >= 4 is 26.9 Å². The Labute approximate surface area is 186 Å². The molecule has 1 aliphatic rings. The second-order valence-corrected chi connectivity index (χ2v) is 10.1. The van der Waals surface area contributed by atoms with Crippen LogP contribution in [0.5, 0.6) is 0 Å². The maximum atomic E-state index is 12.8. The summed E-state index contributed by atoms with van der Waals surface area (Å²) in [6.07, 6.45) is 0.886. The highest BCUT2D eigenvalue weighted by Crippen LogP contribution is 2.24. The van der Waals surface area contributed by atoms with E-state index in [4.69, 9.17) is 4.74 Å². The molecule has 8 nitrogen and oxygen atoms in total. The molecule has 1 fully saturated rings. The summed E-state index contributed by atoms with van der Waals surface area (Å²) in [6.45, 7) is 4.74. The Morgan fingerprint density at radius 2 is 1.78 bits per heavy atom. The van der Waals surface area contributed by atoms with Crippen LogP contribution in [0.2, 0.25) is 0 Å². The molecule has 32 heavy (non-hydrogen) atoms. The Kier molecular flexibility index (Phi) is 6.12. The van der Waals surface area contributed by atoms with E-state index in [0.29, 0.717) is 29.9 Å². The van der Waals surface area contributed by atoms with Crippen molar-refractivity contribution in [2.75, 3.05) is 13.1 Å². The molecule has 168 valence electrons. The number of aromatic amines is 1. The summed E-state index contributed by atoms with van der Waals surface area (Å²) in [5.41, 5.74) is 0.414. The zero-order valence-electron chi connectivity index (χ0n) is 17.9. The summed E-state index contributed by atoms with van der Waals surface area (Å²) in [7, 11) is -3.59. The fourth-order valence-corrected chi connectivity index (χ4v) is 5.19. The third kappa shape index (κ3) is 4.44. The molecule has 2 aromatic carbocycles. The molecule has 1 aromatic heterocycles. The maximum Gasteiger partial charge on any atom is 0.338 e. The smallest absolute Gasteiger partial charge is 0.338 e. The molecule has 0 radical (unpaired) electrons. The van der Waals surface area contributed by atoms with Crippen molar-refractivity contribution in [3.05, 3.63) is 70.3 Å². The zero-order valence-corrected chi connectivity index (χ0v) is 18.8. The zero-order chi connectivity index (χ0) is 22.9. The van der Waals surface area contributed by atoms with Gasteiger partial charge in [-0.15, -0.1) is 0 Å². The average Bonchev–Trinajstić information content (AvgIpc) is 2.79. The summed E-state index contributed by atoms with van der Waals surface area (Å²) in [4.78, 5) is 32.0. The van der Waals surface area contributed by atoms with Crippen LogP contribution in [-0.4, -0.2) is 41.7 Å². The number of ether oxygens (including phenoxy) is 1. The van der Waals surface area contributed by atoms with Crippen LogP contribution in [0.1, 0.15) is 49.0 Å². The van der Waals surface area contributed by atoms with Crippen molar-refractivity contribution in [3.63, 3.8) is 0 Å². The predicted molar refractivity (Wildman–Crippen MR) is 120 cm³/mol. The van der Waals surface area contributed by atoms with Gasteiger partial charge in [0.05, 0.1) is 21.4 Å². The lowest BCUT2D eigenvalue weighted by Crippen LogP contribution is -2.37. The molecular weight excluding hydrogens is 430 g/mol. The van der Waals surface area contributed by atoms with Gasteiger partial charge in [0, 0.05) is 13.1 Å². The summed E-state index contributed by atoms with van der Waals surface area (Å²) >= 11 is 0. The lowest BCUT2D eigenvalue weighted by atomic mass is 10.0. The third-order valence-electron chi connectivity index (χ3n) is 5.77. The maximum absolute atomic E-state index is 12.8. The molecule has 1 N–H and O–H groups in total. The second kappa shape index (κ2) is 8.84. The second-order valence-electron chi connectivity index (χ2n) is 8.13. The Bertz CT molecular complexity index is 1290. The van der Waals surface area contributed by atoms with E-state index in [1.54, 1.807) is 31.2 Å². The van der Waals surface area contributed by atoms with Gasteiger partial charge in [0.25, 0.3) is 5.56 Å². The number of benzene rings is 2. The lowest BCUT2D eigenvalue weighted by Gasteiger charge is -2.29. The Hall–Kier alpha value is -3.04. The van der Waals surface area contributed by atoms with Crippen LogP contribution in [0.15, 0.2) is 58.2 Å².